The molecule has 0 spiro atoms. The van der Waals surface area contributed by atoms with Crippen molar-refractivity contribution >= 4 is 27.5 Å². The van der Waals surface area contributed by atoms with Crippen LogP contribution < -0.4 is 10.6 Å². The van der Waals surface area contributed by atoms with Crippen LogP contribution in [0.15, 0.2) is 22.7 Å². The van der Waals surface area contributed by atoms with Crippen LogP contribution in [0.4, 0.5) is 5.69 Å². The molecule has 0 fully saturated rings. The number of nitrogens with zero attached hydrogens (tertiary/aromatic N) is 1. The third kappa shape index (κ3) is 5.86. The van der Waals surface area contributed by atoms with Gasteiger partial charge in [-0.05, 0) is 39.0 Å². The SMILES string of the molecule is CC(C)(C)NCCC(=O)Nc1ccc(Br)cc1C#N. The van der Waals surface area contributed by atoms with Crippen molar-refractivity contribution in [3.63, 3.8) is 0 Å². The molecule has 4 nitrogen and oxygen atoms in total. The molecule has 102 valence electrons. The second kappa shape index (κ2) is 6.69. The number of carbonyl (C=O) groups is 1. The third-order valence-electron chi connectivity index (χ3n) is 2.38. The van der Waals surface area contributed by atoms with E-state index in [9.17, 15) is 4.79 Å². The first-order valence-corrected chi connectivity index (χ1v) is 6.85. The van der Waals surface area contributed by atoms with Crippen molar-refractivity contribution in [3.05, 3.63) is 28.2 Å². The average Bonchev–Trinajstić information content (AvgIpc) is 2.29. The smallest absolute Gasteiger partial charge is 0.225 e. The van der Waals surface area contributed by atoms with E-state index in [1.54, 1.807) is 18.2 Å². The first-order chi connectivity index (χ1) is 8.81. The number of rotatable bonds is 4. The van der Waals surface area contributed by atoms with Gasteiger partial charge in [0.15, 0.2) is 0 Å². The van der Waals surface area contributed by atoms with Crippen LogP contribution in [0.1, 0.15) is 32.8 Å². The van der Waals surface area contributed by atoms with Gasteiger partial charge in [0.1, 0.15) is 6.07 Å². The van der Waals surface area contributed by atoms with Gasteiger partial charge in [-0.3, -0.25) is 4.79 Å². The lowest BCUT2D eigenvalue weighted by atomic mass is 10.1. The predicted octanol–water partition coefficient (Wildman–Crippen LogP) is 3.04. The normalized spacial score (nSPS) is 10.9. The van der Waals surface area contributed by atoms with Crippen LogP contribution in [0.3, 0.4) is 0 Å². The minimum absolute atomic E-state index is 0.00426. The van der Waals surface area contributed by atoms with Gasteiger partial charge in [-0.25, -0.2) is 0 Å². The molecule has 0 unspecified atom stereocenters. The van der Waals surface area contributed by atoms with E-state index >= 15 is 0 Å². The van der Waals surface area contributed by atoms with Gasteiger partial charge in [-0.15, -0.1) is 0 Å². The second-order valence-electron chi connectivity index (χ2n) is 5.28. The lowest BCUT2D eigenvalue weighted by Crippen LogP contribution is -2.37. The summed E-state index contributed by atoms with van der Waals surface area (Å²) < 4.78 is 0.816. The van der Waals surface area contributed by atoms with Gasteiger partial charge in [-0.2, -0.15) is 5.26 Å². The fourth-order valence-electron chi connectivity index (χ4n) is 1.48. The van der Waals surface area contributed by atoms with E-state index in [0.29, 0.717) is 24.2 Å². The Balaban J connectivity index is 2.56. The molecule has 0 radical (unpaired) electrons. The monoisotopic (exact) mass is 323 g/mol. The molecule has 19 heavy (non-hydrogen) atoms. The molecule has 2 N–H and O–H groups in total. The van der Waals surface area contributed by atoms with Crippen LogP contribution in [-0.2, 0) is 4.79 Å². The Morgan fingerprint density at radius 2 is 2.11 bits per heavy atom. The minimum Gasteiger partial charge on any atom is -0.325 e. The molecule has 0 aromatic heterocycles. The maximum absolute atomic E-state index is 11.8. The molecular weight excluding hydrogens is 306 g/mol. The van der Waals surface area contributed by atoms with Gasteiger partial charge in [0.25, 0.3) is 0 Å². The summed E-state index contributed by atoms with van der Waals surface area (Å²) in [5.41, 5.74) is 0.994. The number of carbonyl (C=O) groups excluding carboxylic acids is 1. The minimum atomic E-state index is -0.101. The third-order valence-corrected chi connectivity index (χ3v) is 2.88. The Labute approximate surface area is 122 Å². The highest BCUT2D eigenvalue weighted by atomic mass is 79.9. The Morgan fingerprint density at radius 3 is 2.68 bits per heavy atom. The van der Waals surface area contributed by atoms with Crippen molar-refractivity contribution in [3.8, 4) is 6.07 Å². The number of hydrogen-bond donors (Lipinski definition) is 2. The van der Waals surface area contributed by atoms with E-state index in [-0.39, 0.29) is 11.4 Å². The molecule has 5 heteroatoms. The van der Waals surface area contributed by atoms with Crippen molar-refractivity contribution in [2.24, 2.45) is 0 Å². The summed E-state index contributed by atoms with van der Waals surface area (Å²) in [6.07, 6.45) is 0.373. The molecule has 1 aromatic carbocycles. The van der Waals surface area contributed by atoms with Crippen LogP contribution in [0.25, 0.3) is 0 Å². The molecule has 0 saturated heterocycles. The van der Waals surface area contributed by atoms with E-state index in [2.05, 4.69) is 32.6 Å². The molecule has 1 aromatic rings. The number of anilines is 1. The molecule has 0 heterocycles. The second-order valence-corrected chi connectivity index (χ2v) is 6.19. The average molecular weight is 324 g/mol. The van der Waals surface area contributed by atoms with Crippen LogP contribution in [0.5, 0.6) is 0 Å². The van der Waals surface area contributed by atoms with E-state index in [4.69, 9.17) is 5.26 Å². The summed E-state index contributed by atoms with van der Waals surface area (Å²) >= 11 is 3.29. The van der Waals surface area contributed by atoms with Crippen molar-refractivity contribution < 1.29 is 4.79 Å². The molecule has 0 saturated carbocycles. The van der Waals surface area contributed by atoms with Crippen molar-refractivity contribution in [1.82, 2.24) is 5.32 Å². The van der Waals surface area contributed by atoms with E-state index in [0.717, 1.165) is 4.47 Å². The largest absolute Gasteiger partial charge is 0.325 e. The number of nitriles is 1. The van der Waals surface area contributed by atoms with Gasteiger partial charge < -0.3 is 10.6 Å². The van der Waals surface area contributed by atoms with Crippen LogP contribution in [0.2, 0.25) is 0 Å². The summed E-state index contributed by atoms with van der Waals surface area (Å²) in [4.78, 5) is 11.8. The first kappa shape index (κ1) is 15.7. The van der Waals surface area contributed by atoms with Gasteiger partial charge in [-0.1, -0.05) is 15.9 Å². The standard InChI is InChI=1S/C14H18BrN3O/c1-14(2,3)17-7-6-13(19)18-12-5-4-11(15)8-10(12)9-16/h4-5,8,17H,6-7H2,1-3H3,(H,18,19). The van der Waals surface area contributed by atoms with E-state index < -0.39 is 0 Å². The fraction of sp³-hybridized carbons (Fsp3) is 0.429. The Kier molecular flexibility index (Phi) is 5.52. The summed E-state index contributed by atoms with van der Waals surface area (Å²) in [5.74, 6) is -0.101. The van der Waals surface area contributed by atoms with Gasteiger partial charge >= 0.3 is 0 Å². The number of amides is 1. The maximum Gasteiger partial charge on any atom is 0.225 e. The summed E-state index contributed by atoms with van der Waals surface area (Å²) in [7, 11) is 0. The zero-order valence-corrected chi connectivity index (χ0v) is 13.0. The topological polar surface area (TPSA) is 64.9 Å². The Hall–Kier alpha value is -1.38. The Morgan fingerprint density at radius 1 is 1.42 bits per heavy atom. The number of nitrogens with one attached hydrogen (secondary N) is 2. The zero-order chi connectivity index (χ0) is 14.5. The summed E-state index contributed by atoms with van der Waals surface area (Å²) in [6, 6.07) is 7.26. The molecule has 0 aliphatic heterocycles. The zero-order valence-electron chi connectivity index (χ0n) is 11.4. The molecule has 0 atom stereocenters. The lowest BCUT2D eigenvalue weighted by molar-refractivity contribution is -0.116. The summed E-state index contributed by atoms with van der Waals surface area (Å²) in [6.45, 7) is 6.75. The van der Waals surface area contributed by atoms with Crippen molar-refractivity contribution in [2.75, 3.05) is 11.9 Å². The van der Waals surface area contributed by atoms with Gasteiger partial charge in [0.05, 0.1) is 11.3 Å². The predicted molar refractivity (Wildman–Crippen MR) is 79.9 cm³/mol. The molecule has 1 amide bonds. The van der Waals surface area contributed by atoms with Crippen LogP contribution >= 0.6 is 15.9 Å². The highest BCUT2D eigenvalue weighted by Crippen LogP contribution is 2.20. The van der Waals surface area contributed by atoms with Crippen molar-refractivity contribution in [2.45, 2.75) is 32.7 Å². The number of benzene rings is 1. The highest BCUT2D eigenvalue weighted by Gasteiger charge is 2.11. The highest BCUT2D eigenvalue weighted by molar-refractivity contribution is 9.10. The van der Waals surface area contributed by atoms with Gasteiger partial charge in [0, 0.05) is 23.0 Å². The number of hydrogen-bond acceptors (Lipinski definition) is 3. The first-order valence-electron chi connectivity index (χ1n) is 6.06. The molecule has 0 aliphatic carbocycles. The molecule has 1 rings (SSSR count). The Bertz CT molecular complexity index is 500. The maximum atomic E-state index is 11.8. The van der Waals surface area contributed by atoms with Crippen LogP contribution in [-0.4, -0.2) is 18.0 Å². The van der Waals surface area contributed by atoms with E-state index in [1.165, 1.54) is 0 Å². The van der Waals surface area contributed by atoms with E-state index in [1.807, 2.05) is 20.8 Å². The molecular formula is C14H18BrN3O. The fourth-order valence-corrected chi connectivity index (χ4v) is 1.84. The van der Waals surface area contributed by atoms with Crippen LogP contribution in [0, 0.1) is 11.3 Å². The quantitative estimate of drug-likeness (QED) is 0.895. The van der Waals surface area contributed by atoms with Gasteiger partial charge in [0.2, 0.25) is 5.91 Å². The lowest BCUT2D eigenvalue weighted by Gasteiger charge is -2.20. The number of halogens is 1. The molecule has 0 bridgehead atoms. The molecule has 0 aliphatic rings. The summed E-state index contributed by atoms with van der Waals surface area (Å²) in [5, 5.41) is 15.0. The van der Waals surface area contributed by atoms with Crippen molar-refractivity contribution in [1.29, 1.82) is 5.26 Å².